The van der Waals surface area contributed by atoms with E-state index >= 15 is 0 Å². The van der Waals surface area contributed by atoms with Crippen molar-refractivity contribution in [1.29, 1.82) is 0 Å². The lowest BCUT2D eigenvalue weighted by atomic mass is 10.1. The van der Waals surface area contributed by atoms with Crippen molar-refractivity contribution in [2.24, 2.45) is 0 Å². The average Bonchev–Trinajstić information content (AvgIpc) is 2.46. The number of hydrogen-bond donors (Lipinski definition) is 1. The Balaban J connectivity index is 2.12. The van der Waals surface area contributed by atoms with Crippen molar-refractivity contribution in [2.45, 2.75) is 31.7 Å². The minimum absolute atomic E-state index is 0.574. The van der Waals surface area contributed by atoms with Gasteiger partial charge in [-0.25, -0.2) is 0 Å². The van der Waals surface area contributed by atoms with Crippen LogP contribution in [0.3, 0.4) is 0 Å². The summed E-state index contributed by atoms with van der Waals surface area (Å²) in [6, 6.07) is 2.81. The van der Waals surface area contributed by atoms with E-state index in [-0.39, 0.29) is 0 Å². The summed E-state index contributed by atoms with van der Waals surface area (Å²) in [5, 5.41) is 3.61. The number of thiophene rings is 1. The second-order valence-electron chi connectivity index (χ2n) is 3.63. The number of rotatable bonds is 1. The Hall–Kier alpha value is 0.620. The van der Waals surface area contributed by atoms with Crippen LogP contribution >= 0.6 is 43.2 Å². The van der Waals surface area contributed by atoms with E-state index in [1.807, 2.05) is 11.3 Å². The second kappa shape index (κ2) is 5.10. The van der Waals surface area contributed by atoms with Gasteiger partial charge >= 0.3 is 0 Å². The second-order valence-corrected chi connectivity index (χ2v) is 6.88. The van der Waals surface area contributed by atoms with Gasteiger partial charge in [0, 0.05) is 15.4 Å². The minimum atomic E-state index is 0.574. The zero-order valence-corrected chi connectivity index (χ0v) is 11.8. The van der Waals surface area contributed by atoms with Crippen LogP contribution in [0.4, 0.5) is 0 Å². The summed E-state index contributed by atoms with van der Waals surface area (Å²) < 4.78 is 2.39. The van der Waals surface area contributed by atoms with Crippen LogP contribution in [-0.2, 0) is 0 Å². The molecule has 0 spiro atoms. The lowest BCUT2D eigenvalue weighted by Gasteiger charge is -2.12. The first-order valence-corrected chi connectivity index (χ1v) is 7.36. The molecule has 4 heteroatoms. The Morgan fingerprint density at radius 1 is 1.29 bits per heavy atom. The van der Waals surface area contributed by atoms with Crippen molar-refractivity contribution in [3.8, 4) is 0 Å². The van der Waals surface area contributed by atoms with Gasteiger partial charge in [0.1, 0.15) is 0 Å². The van der Waals surface area contributed by atoms with Crippen LogP contribution in [0.1, 0.15) is 36.6 Å². The van der Waals surface area contributed by atoms with Gasteiger partial charge in [0.2, 0.25) is 0 Å². The minimum Gasteiger partial charge on any atom is -0.309 e. The predicted octanol–water partition coefficient (Wildman–Crippen LogP) is 4.48. The Morgan fingerprint density at radius 3 is 2.86 bits per heavy atom. The molecule has 1 saturated heterocycles. The van der Waals surface area contributed by atoms with Crippen LogP contribution in [0.25, 0.3) is 0 Å². The third-order valence-electron chi connectivity index (χ3n) is 2.57. The van der Waals surface area contributed by atoms with E-state index in [0.29, 0.717) is 6.04 Å². The lowest BCUT2D eigenvalue weighted by molar-refractivity contribution is 0.543. The summed E-state index contributed by atoms with van der Waals surface area (Å²) in [4.78, 5) is 1.45. The topological polar surface area (TPSA) is 12.0 Å². The largest absolute Gasteiger partial charge is 0.309 e. The number of nitrogens with one attached hydrogen (secondary N) is 1. The molecule has 1 fully saturated rings. The first-order valence-electron chi connectivity index (χ1n) is 4.95. The van der Waals surface area contributed by atoms with Gasteiger partial charge in [0.05, 0.1) is 3.79 Å². The van der Waals surface area contributed by atoms with Crippen LogP contribution in [0.15, 0.2) is 14.3 Å². The SMILES string of the molecule is Brc1cc(C2CCCCCN2)sc1Br. The van der Waals surface area contributed by atoms with Gasteiger partial charge in [0.25, 0.3) is 0 Å². The third kappa shape index (κ3) is 2.60. The third-order valence-corrected chi connectivity index (χ3v) is 5.94. The maximum Gasteiger partial charge on any atom is 0.0843 e. The van der Waals surface area contributed by atoms with Crippen molar-refractivity contribution in [3.05, 3.63) is 19.2 Å². The van der Waals surface area contributed by atoms with E-state index in [2.05, 4.69) is 43.2 Å². The molecule has 1 aliphatic rings. The normalized spacial score (nSPS) is 23.4. The summed E-state index contributed by atoms with van der Waals surface area (Å²) in [5.74, 6) is 0. The van der Waals surface area contributed by atoms with Crippen molar-refractivity contribution in [2.75, 3.05) is 6.54 Å². The van der Waals surface area contributed by atoms with Gasteiger partial charge in [-0.15, -0.1) is 11.3 Å². The van der Waals surface area contributed by atoms with E-state index < -0.39 is 0 Å². The van der Waals surface area contributed by atoms with Crippen LogP contribution in [0.2, 0.25) is 0 Å². The molecule has 0 amide bonds. The fourth-order valence-corrected chi connectivity index (χ4v) is 4.01. The molecule has 1 atom stereocenters. The van der Waals surface area contributed by atoms with Crippen LogP contribution < -0.4 is 5.32 Å². The molecular weight excluding hydrogens is 326 g/mol. The summed E-state index contributed by atoms with van der Waals surface area (Å²) >= 11 is 8.92. The number of halogens is 2. The van der Waals surface area contributed by atoms with Gasteiger partial charge in [-0.3, -0.25) is 0 Å². The molecule has 78 valence electrons. The fraction of sp³-hybridized carbons (Fsp3) is 0.600. The zero-order valence-electron chi connectivity index (χ0n) is 7.85. The predicted molar refractivity (Wildman–Crippen MR) is 68.9 cm³/mol. The molecule has 1 aromatic rings. The average molecular weight is 339 g/mol. The van der Waals surface area contributed by atoms with Crippen molar-refractivity contribution < 1.29 is 0 Å². The molecule has 1 aliphatic heterocycles. The fourth-order valence-electron chi connectivity index (χ4n) is 1.81. The molecule has 1 nitrogen and oxygen atoms in total. The van der Waals surface area contributed by atoms with Crippen molar-refractivity contribution >= 4 is 43.2 Å². The molecule has 1 N–H and O–H groups in total. The summed E-state index contributed by atoms with van der Waals surface area (Å²) in [5.41, 5.74) is 0. The molecule has 14 heavy (non-hydrogen) atoms. The Bertz CT molecular complexity index is 284. The lowest BCUT2D eigenvalue weighted by Crippen LogP contribution is -2.19. The highest BCUT2D eigenvalue weighted by Gasteiger charge is 2.16. The quantitative estimate of drug-likeness (QED) is 0.796. The smallest absolute Gasteiger partial charge is 0.0843 e. The highest BCUT2D eigenvalue weighted by molar-refractivity contribution is 9.13. The standard InChI is InChI=1S/C10H13Br2NS/c11-7-6-9(14-10(7)12)8-4-2-1-3-5-13-8/h6,8,13H,1-5H2. The molecule has 0 aliphatic carbocycles. The Labute approximate surface area is 106 Å². The van der Waals surface area contributed by atoms with Crippen LogP contribution in [-0.4, -0.2) is 6.54 Å². The summed E-state index contributed by atoms with van der Waals surface area (Å²) in [6.45, 7) is 1.16. The number of hydrogen-bond acceptors (Lipinski definition) is 2. The molecule has 1 aromatic heterocycles. The van der Waals surface area contributed by atoms with E-state index in [0.717, 1.165) is 6.54 Å². The molecule has 0 saturated carbocycles. The van der Waals surface area contributed by atoms with E-state index in [1.165, 1.54) is 38.8 Å². The molecule has 1 unspecified atom stereocenters. The van der Waals surface area contributed by atoms with Crippen LogP contribution in [0, 0.1) is 0 Å². The monoisotopic (exact) mass is 337 g/mol. The van der Waals surface area contributed by atoms with Gasteiger partial charge in [-0.2, -0.15) is 0 Å². The maximum absolute atomic E-state index is 3.61. The van der Waals surface area contributed by atoms with E-state index in [4.69, 9.17) is 0 Å². The molecule has 0 bridgehead atoms. The molecule has 2 heterocycles. The first kappa shape index (κ1) is 11.1. The Morgan fingerprint density at radius 2 is 2.14 bits per heavy atom. The molecule has 2 rings (SSSR count). The maximum atomic E-state index is 3.61. The Kier molecular flexibility index (Phi) is 4.05. The summed E-state index contributed by atoms with van der Waals surface area (Å²) in [6.07, 6.45) is 5.33. The molecule has 0 radical (unpaired) electrons. The highest BCUT2D eigenvalue weighted by atomic mass is 79.9. The van der Waals surface area contributed by atoms with Crippen LogP contribution in [0.5, 0.6) is 0 Å². The first-order chi connectivity index (χ1) is 6.77. The van der Waals surface area contributed by atoms with Gasteiger partial charge < -0.3 is 5.32 Å². The highest BCUT2D eigenvalue weighted by Crippen LogP contribution is 2.37. The van der Waals surface area contributed by atoms with E-state index in [1.54, 1.807) is 0 Å². The molecule has 0 aromatic carbocycles. The summed E-state index contributed by atoms with van der Waals surface area (Å²) in [7, 11) is 0. The van der Waals surface area contributed by atoms with Gasteiger partial charge in [-0.05, 0) is 57.3 Å². The zero-order chi connectivity index (χ0) is 9.97. The van der Waals surface area contributed by atoms with Crippen molar-refractivity contribution in [3.63, 3.8) is 0 Å². The molecular formula is C10H13Br2NS. The van der Waals surface area contributed by atoms with Gasteiger partial charge in [0.15, 0.2) is 0 Å². The van der Waals surface area contributed by atoms with Crippen molar-refractivity contribution in [1.82, 2.24) is 5.32 Å². The van der Waals surface area contributed by atoms with Gasteiger partial charge in [-0.1, -0.05) is 12.8 Å². The van der Waals surface area contributed by atoms with E-state index in [9.17, 15) is 0 Å².